The van der Waals surface area contributed by atoms with Gasteiger partial charge in [-0.25, -0.2) is 4.79 Å². The average molecular weight is 228 g/mol. The van der Waals surface area contributed by atoms with E-state index in [1.54, 1.807) is 0 Å². The number of ether oxygens (including phenoxy) is 1. The first-order valence-electron chi connectivity index (χ1n) is 6.03. The van der Waals surface area contributed by atoms with Crippen LogP contribution < -0.4 is 11.1 Å². The van der Waals surface area contributed by atoms with Crippen molar-refractivity contribution in [3.8, 4) is 0 Å². The Morgan fingerprint density at radius 1 is 1.44 bits per heavy atom. The fourth-order valence-corrected chi connectivity index (χ4v) is 2.10. The first-order valence-corrected chi connectivity index (χ1v) is 6.03. The van der Waals surface area contributed by atoms with Gasteiger partial charge in [-0.15, -0.1) is 0 Å². The number of carbonyl (C=O) groups is 1. The van der Waals surface area contributed by atoms with Crippen molar-refractivity contribution in [2.24, 2.45) is 11.7 Å². The number of alkyl carbamates (subject to hydrolysis) is 1. The minimum absolute atomic E-state index is 0.213. The van der Waals surface area contributed by atoms with Crippen molar-refractivity contribution in [1.82, 2.24) is 5.32 Å². The van der Waals surface area contributed by atoms with Gasteiger partial charge in [0.05, 0.1) is 0 Å². The maximum atomic E-state index is 11.5. The van der Waals surface area contributed by atoms with Crippen molar-refractivity contribution in [3.63, 3.8) is 0 Å². The highest BCUT2D eigenvalue weighted by Crippen LogP contribution is 2.27. The molecule has 0 aliphatic heterocycles. The van der Waals surface area contributed by atoms with E-state index >= 15 is 0 Å². The van der Waals surface area contributed by atoms with Crippen molar-refractivity contribution < 1.29 is 9.53 Å². The zero-order valence-corrected chi connectivity index (χ0v) is 10.7. The molecule has 0 radical (unpaired) electrons. The summed E-state index contributed by atoms with van der Waals surface area (Å²) < 4.78 is 5.21. The second-order valence-electron chi connectivity index (χ2n) is 5.78. The highest BCUT2D eigenvalue weighted by molar-refractivity contribution is 5.68. The van der Waals surface area contributed by atoms with Gasteiger partial charge in [0, 0.05) is 12.1 Å². The summed E-state index contributed by atoms with van der Waals surface area (Å²) in [5.74, 6) is 0.528. The fourth-order valence-electron chi connectivity index (χ4n) is 2.10. The van der Waals surface area contributed by atoms with Crippen molar-refractivity contribution >= 4 is 6.09 Å². The third-order valence-corrected chi connectivity index (χ3v) is 2.94. The molecule has 1 amide bonds. The first kappa shape index (κ1) is 13.3. The summed E-state index contributed by atoms with van der Waals surface area (Å²) in [5.41, 5.74) is 5.42. The van der Waals surface area contributed by atoms with Gasteiger partial charge < -0.3 is 15.8 Å². The summed E-state index contributed by atoms with van der Waals surface area (Å²) in [6.07, 6.45) is 2.75. The second kappa shape index (κ2) is 5.04. The van der Waals surface area contributed by atoms with Gasteiger partial charge in [0.25, 0.3) is 0 Å². The standard InChI is InChI=1S/C12H24N2O2/c1-8(13)9-5-6-10(7-9)14-11(15)16-12(2,3)4/h8-10H,5-7,13H2,1-4H3,(H,14,15)/t8-,9+,10-/m0/s1. The lowest BCUT2D eigenvalue weighted by molar-refractivity contribution is 0.0504. The zero-order chi connectivity index (χ0) is 12.3. The molecule has 3 N–H and O–H groups in total. The van der Waals surface area contributed by atoms with Gasteiger partial charge in [-0.1, -0.05) is 0 Å². The van der Waals surface area contributed by atoms with Gasteiger partial charge in [0.1, 0.15) is 5.60 Å². The van der Waals surface area contributed by atoms with Crippen molar-refractivity contribution in [2.75, 3.05) is 0 Å². The lowest BCUT2D eigenvalue weighted by atomic mass is 10.0. The molecule has 16 heavy (non-hydrogen) atoms. The lowest BCUT2D eigenvalue weighted by Crippen LogP contribution is -2.38. The fraction of sp³-hybridized carbons (Fsp3) is 0.917. The molecule has 0 bridgehead atoms. The Balaban J connectivity index is 2.32. The Hall–Kier alpha value is -0.770. The van der Waals surface area contributed by atoms with Crippen LogP contribution in [0.25, 0.3) is 0 Å². The van der Waals surface area contributed by atoms with Crippen LogP contribution >= 0.6 is 0 Å². The molecule has 0 heterocycles. The van der Waals surface area contributed by atoms with E-state index in [-0.39, 0.29) is 18.2 Å². The van der Waals surface area contributed by atoms with Gasteiger partial charge in [-0.3, -0.25) is 0 Å². The average Bonchev–Trinajstić information content (AvgIpc) is 2.48. The third-order valence-electron chi connectivity index (χ3n) is 2.94. The molecule has 1 aliphatic carbocycles. The predicted molar refractivity (Wildman–Crippen MR) is 64.1 cm³/mol. The Morgan fingerprint density at radius 2 is 2.06 bits per heavy atom. The zero-order valence-electron chi connectivity index (χ0n) is 10.7. The van der Waals surface area contributed by atoms with Crippen molar-refractivity contribution in [2.45, 2.75) is 64.6 Å². The van der Waals surface area contributed by atoms with Crippen LogP contribution in [0.1, 0.15) is 47.0 Å². The van der Waals surface area contributed by atoms with Crippen LogP contribution in [0.5, 0.6) is 0 Å². The van der Waals surface area contributed by atoms with Crippen LogP contribution in [0.15, 0.2) is 0 Å². The molecule has 1 rings (SSSR count). The molecular formula is C12H24N2O2. The molecule has 0 aromatic carbocycles. The van der Waals surface area contributed by atoms with Crippen LogP contribution in [0.4, 0.5) is 4.79 Å². The Bertz CT molecular complexity index is 246. The molecule has 4 nitrogen and oxygen atoms in total. The number of hydrogen-bond donors (Lipinski definition) is 2. The molecule has 4 heteroatoms. The van der Waals surface area contributed by atoms with E-state index in [2.05, 4.69) is 5.32 Å². The van der Waals surface area contributed by atoms with E-state index in [9.17, 15) is 4.79 Å². The molecule has 1 fully saturated rings. The number of nitrogens with two attached hydrogens (primary N) is 1. The smallest absolute Gasteiger partial charge is 0.407 e. The van der Waals surface area contributed by atoms with Crippen LogP contribution in [0.3, 0.4) is 0 Å². The van der Waals surface area contributed by atoms with E-state index in [0.29, 0.717) is 5.92 Å². The maximum Gasteiger partial charge on any atom is 0.407 e. The number of nitrogens with one attached hydrogen (secondary N) is 1. The van der Waals surface area contributed by atoms with E-state index in [1.165, 1.54) is 0 Å². The summed E-state index contributed by atoms with van der Waals surface area (Å²) in [4.78, 5) is 11.5. The highest BCUT2D eigenvalue weighted by atomic mass is 16.6. The van der Waals surface area contributed by atoms with Crippen LogP contribution in [0.2, 0.25) is 0 Å². The van der Waals surface area contributed by atoms with E-state index in [1.807, 2.05) is 27.7 Å². The molecule has 0 spiro atoms. The van der Waals surface area contributed by atoms with Gasteiger partial charge in [-0.2, -0.15) is 0 Å². The van der Waals surface area contributed by atoms with Crippen molar-refractivity contribution in [3.05, 3.63) is 0 Å². The highest BCUT2D eigenvalue weighted by Gasteiger charge is 2.29. The molecular weight excluding hydrogens is 204 g/mol. The summed E-state index contributed by atoms with van der Waals surface area (Å²) in [6.45, 7) is 7.63. The monoisotopic (exact) mass is 228 g/mol. The lowest BCUT2D eigenvalue weighted by Gasteiger charge is -2.22. The first-order chi connectivity index (χ1) is 7.28. The summed E-state index contributed by atoms with van der Waals surface area (Å²) in [5, 5.41) is 2.90. The molecule has 0 unspecified atom stereocenters. The minimum Gasteiger partial charge on any atom is -0.444 e. The molecule has 0 aromatic heterocycles. The van der Waals surface area contributed by atoms with Crippen molar-refractivity contribution in [1.29, 1.82) is 0 Å². The number of rotatable bonds is 2. The van der Waals surface area contributed by atoms with E-state index in [0.717, 1.165) is 19.3 Å². The topological polar surface area (TPSA) is 64.3 Å². The molecule has 94 valence electrons. The summed E-state index contributed by atoms with van der Waals surface area (Å²) >= 11 is 0. The normalized spacial score (nSPS) is 27.6. The minimum atomic E-state index is -0.427. The van der Waals surface area contributed by atoms with E-state index in [4.69, 9.17) is 10.5 Å². The van der Waals surface area contributed by atoms with Crippen LogP contribution in [-0.4, -0.2) is 23.8 Å². The molecule has 1 saturated carbocycles. The quantitative estimate of drug-likeness (QED) is 0.760. The molecule has 1 aliphatic rings. The van der Waals surface area contributed by atoms with Gasteiger partial charge in [-0.05, 0) is 52.9 Å². The number of carbonyl (C=O) groups excluding carboxylic acids is 1. The van der Waals surface area contributed by atoms with Crippen LogP contribution in [-0.2, 0) is 4.74 Å². The Labute approximate surface area is 97.9 Å². The molecule has 0 aromatic rings. The van der Waals surface area contributed by atoms with Gasteiger partial charge in [0.2, 0.25) is 0 Å². The SMILES string of the molecule is C[C@H](N)[C@@H]1CC[C@H](NC(=O)OC(C)(C)C)C1. The summed E-state index contributed by atoms with van der Waals surface area (Å²) in [7, 11) is 0. The van der Waals surface area contributed by atoms with E-state index < -0.39 is 5.60 Å². The third kappa shape index (κ3) is 4.39. The Kier molecular flexibility index (Phi) is 4.19. The second-order valence-corrected chi connectivity index (χ2v) is 5.78. The Morgan fingerprint density at radius 3 is 2.50 bits per heavy atom. The predicted octanol–water partition coefficient (Wildman–Crippen LogP) is 2.03. The van der Waals surface area contributed by atoms with Gasteiger partial charge in [0.15, 0.2) is 0 Å². The maximum absolute atomic E-state index is 11.5. The molecule has 0 saturated heterocycles. The summed E-state index contributed by atoms with van der Waals surface area (Å²) in [6, 6.07) is 0.441. The van der Waals surface area contributed by atoms with Crippen LogP contribution in [0, 0.1) is 5.92 Å². The number of amides is 1. The number of hydrogen-bond acceptors (Lipinski definition) is 3. The largest absolute Gasteiger partial charge is 0.444 e. The molecule has 3 atom stereocenters. The van der Waals surface area contributed by atoms with Gasteiger partial charge >= 0.3 is 6.09 Å².